The summed E-state index contributed by atoms with van der Waals surface area (Å²) < 4.78 is 2.50. The number of thiophene rings is 1. The zero-order valence-corrected chi connectivity index (χ0v) is 13.4. The minimum Gasteiger partial charge on any atom is -0.390 e. The molecular formula is C12H15BrN4O2S. The number of likely N-dealkylation sites (N-methyl/N-ethyl adjacent to an activating group) is 1. The van der Waals surface area contributed by atoms with Gasteiger partial charge in [0.25, 0.3) is 0 Å². The first kappa shape index (κ1) is 15.1. The summed E-state index contributed by atoms with van der Waals surface area (Å²) in [6.45, 7) is 3.13. The molecule has 2 aromatic heterocycles. The van der Waals surface area contributed by atoms with Crippen molar-refractivity contribution >= 4 is 33.2 Å². The molecule has 0 unspecified atom stereocenters. The molecule has 6 nitrogen and oxygen atoms in total. The predicted octanol–water partition coefficient (Wildman–Crippen LogP) is 1.64. The van der Waals surface area contributed by atoms with Gasteiger partial charge in [-0.15, -0.1) is 16.4 Å². The van der Waals surface area contributed by atoms with E-state index in [0.717, 1.165) is 8.66 Å². The second-order valence-corrected chi connectivity index (χ2v) is 6.73. The Labute approximate surface area is 129 Å². The summed E-state index contributed by atoms with van der Waals surface area (Å²) in [6.07, 6.45) is 1.58. The van der Waals surface area contributed by atoms with Crippen molar-refractivity contribution in [2.45, 2.75) is 26.6 Å². The Morgan fingerprint density at radius 3 is 2.90 bits per heavy atom. The molecule has 20 heavy (non-hydrogen) atoms. The molecular weight excluding hydrogens is 344 g/mol. The van der Waals surface area contributed by atoms with Gasteiger partial charge in [0.2, 0.25) is 5.91 Å². The first-order valence-electron chi connectivity index (χ1n) is 6.14. The zero-order chi connectivity index (χ0) is 14.5. The Hall–Kier alpha value is -1.25. The molecule has 8 heteroatoms. The predicted molar refractivity (Wildman–Crippen MR) is 79.1 cm³/mol. The normalized spacial score (nSPS) is 10.8. The standard InChI is InChI=1S/C12H15BrN4O2S/c1-2-16(6-10-3-4-11(13)20-10)12(19)7-17-5-9(8-18)14-15-17/h3-5,18H,2,6-8H2,1H3. The van der Waals surface area contributed by atoms with Crippen LogP contribution in [0.15, 0.2) is 22.1 Å². The first-order valence-corrected chi connectivity index (χ1v) is 7.75. The lowest BCUT2D eigenvalue weighted by molar-refractivity contribution is -0.132. The number of aliphatic hydroxyl groups excluding tert-OH is 1. The van der Waals surface area contributed by atoms with Crippen LogP contribution in [-0.2, 0) is 24.5 Å². The Bertz CT molecular complexity index is 584. The van der Waals surface area contributed by atoms with E-state index >= 15 is 0 Å². The van der Waals surface area contributed by atoms with Crippen molar-refractivity contribution in [3.05, 3.63) is 32.7 Å². The van der Waals surface area contributed by atoms with Crippen molar-refractivity contribution in [1.82, 2.24) is 19.9 Å². The van der Waals surface area contributed by atoms with Crippen LogP contribution < -0.4 is 0 Å². The molecule has 0 aliphatic heterocycles. The van der Waals surface area contributed by atoms with Gasteiger partial charge < -0.3 is 10.0 Å². The average molecular weight is 359 g/mol. The largest absolute Gasteiger partial charge is 0.390 e. The first-order chi connectivity index (χ1) is 9.62. The van der Waals surface area contributed by atoms with Crippen molar-refractivity contribution in [3.8, 4) is 0 Å². The van der Waals surface area contributed by atoms with Crippen LogP contribution in [-0.4, -0.2) is 37.5 Å². The summed E-state index contributed by atoms with van der Waals surface area (Å²) in [5, 5.41) is 16.5. The van der Waals surface area contributed by atoms with Gasteiger partial charge in [-0.1, -0.05) is 5.21 Å². The summed E-state index contributed by atoms with van der Waals surface area (Å²) in [5.74, 6) is -0.0218. The van der Waals surface area contributed by atoms with Crippen molar-refractivity contribution in [2.24, 2.45) is 0 Å². The van der Waals surface area contributed by atoms with Gasteiger partial charge in [0.05, 0.1) is 23.1 Å². The molecule has 2 rings (SSSR count). The van der Waals surface area contributed by atoms with Crippen LogP contribution in [0, 0.1) is 0 Å². The number of rotatable bonds is 6. The third-order valence-electron chi connectivity index (χ3n) is 2.76. The monoisotopic (exact) mass is 358 g/mol. The summed E-state index contributed by atoms with van der Waals surface area (Å²) in [6, 6.07) is 3.98. The molecule has 0 aliphatic carbocycles. The third kappa shape index (κ3) is 3.87. The fourth-order valence-corrected chi connectivity index (χ4v) is 3.23. The highest BCUT2D eigenvalue weighted by molar-refractivity contribution is 9.11. The van der Waals surface area contributed by atoms with Crippen LogP contribution in [0.4, 0.5) is 0 Å². The number of carbonyl (C=O) groups is 1. The fourth-order valence-electron chi connectivity index (χ4n) is 1.73. The maximum absolute atomic E-state index is 12.2. The quantitative estimate of drug-likeness (QED) is 0.851. The van der Waals surface area contributed by atoms with E-state index in [9.17, 15) is 4.79 Å². The van der Waals surface area contributed by atoms with Crippen LogP contribution >= 0.6 is 27.3 Å². The molecule has 0 bridgehead atoms. The number of hydrogen-bond acceptors (Lipinski definition) is 5. The maximum Gasteiger partial charge on any atom is 0.244 e. The van der Waals surface area contributed by atoms with Crippen molar-refractivity contribution in [3.63, 3.8) is 0 Å². The van der Waals surface area contributed by atoms with Crippen LogP contribution in [0.25, 0.3) is 0 Å². The van der Waals surface area contributed by atoms with Gasteiger partial charge in [-0.25, -0.2) is 4.68 Å². The number of nitrogens with zero attached hydrogens (tertiary/aromatic N) is 4. The highest BCUT2D eigenvalue weighted by Crippen LogP contribution is 2.23. The van der Waals surface area contributed by atoms with Crippen LogP contribution in [0.5, 0.6) is 0 Å². The van der Waals surface area contributed by atoms with Crippen molar-refractivity contribution in [2.75, 3.05) is 6.54 Å². The number of amides is 1. The summed E-state index contributed by atoms with van der Waals surface area (Å²) in [4.78, 5) is 15.1. The Balaban J connectivity index is 1.98. The maximum atomic E-state index is 12.2. The highest BCUT2D eigenvalue weighted by atomic mass is 79.9. The smallest absolute Gasteiger partial charge is 0.244 e. The Kier molecular flexibility index (Phi) is 5.27. The lowest BCUT2D eigenvalue weighted by atomic mass is 10.4. The van der Waals surface area contributed by atoms with E-state index in [1.807, 2.05) is 19.1 Å². The van der Waals surface area contributed by atoms with E-state index in [2.05, 4.69) is 26.2 Å². The number of carbonyl (C=O) groups excluding carboxylic acids is 1. The Morgan fingerprint density at radius 2 is 2.35 bits per heavy atom. The summed E-state index contributed by atoms with van der Waals surface area (Å²) in [5.41, 5.74) is 0.461. The van der Waals surface area contributed by atoms with Gasteiger partial charge in [0.1, 0.15) is 12.2 Å². The summed E-state index contributed by atoms with van der Waals surface area (Å²) >= 11 is 5.03. The highest BCUT2D eigenvalue weighted by Gasteiger charge is 2.14. The number of halogens is 1. The number of hydrogen-bond donors (Lipinski definition) is 1. The SMILES string of the molecule is CCN(Cc1ccc(Br)s1)C(=O)Cn1cc(CO)nn1. The molecule has 0 saturated carbocycles. The second kappa shape index (κ2) is 6.96. The van der Waals surface area contributed by atoms with E-state index in [1.165, 1.54) is 4.68 Å². The molecule has 2 heterocycles. The van der Waals surface area contributed by atoms with Gasteiger partial charge in [-0.05, 0) is 35.0 Å². The molecule has 2 aromatic rings. The van der Waals surface area contributed by atoms with E-state index in [4.69, 9.17) is 5.11 Å². The third-order valence-corrected chi connectivity index (χ3v) is 4.36. The van der Waals surface area contributed by atoms with Crippen LogP contribution in [0.3, 0.4) is 0 Å². The van der Waals surface area contributed by atoms with Crippen molar-refractivity contribution < 1.29 is 9.90 Å². The molecule has 0 aliphatic rings. The number of aromatic nitrogens is 3. The topological polar surface area (TPSA) is 71.2 Å². The van der Waals surface area contributed by atoms with Crippen LogP contribution in [0.1, 0.15) is 17.5 Å². The average Bonchev–Trinajstić information content (AvgIpc) is 3.04. The van der Waals surface area contributed by atoms with E-state index in [-0.39, 0.29) is 19.1 Å². The van der Waals surface area contributed by atoms with E-state index < -0.39 is 0 Å². The molecule has 0 aromatic carbocycles. The zero-order valence-electron chi connectivity index (χ0n) is 11.0. The second-order valence-electron chi connectivity index (χ2n) is 4.18. The molecule has 0 spiro atoms. The van der Waals surface area contributed by atoms with Gasteiger partial charge >= 0.3 is 0 Å². The lowest BCUT2D eigenvalue weighted by Gasteiger charge is -2.19. The van der Waals surface area contributed by atoms with Gasteiger partial charge in [-0.2, -0.15) is 0 Å². The summed E-state index contributed by atoms with van der Waals surface area (Å²) in [7, 11) is 0. The molecule has 1 N–H and O–H groups in total. The molecule has 108 valence electrons. The molecule has 0 fully saturated rings. The van der Waals surface area contributed by atoms with Crippen LogP contribution in [0.2, 0.25) is 0 Å². The minimum atomic E-state index is -0.172. The molecule has 0 radical (unpaired) electrons. The van der Waals surface area contributed by atoms with Gasteiger partial charge in [0, 0.05) is 11.4 Å². The van der Waals surface area contributed by atoms with Crippen molar-refractivity contribution in [1.29, 1.82) is 0 Å². The number of aliphatic hydroxyl groups is 1. The van der Waals surface area contributed by atoms with E-state index in [0.29, 0.717) is 18.8 Å². The minimum absolute atomic E-state index is 0.0218. The molecule has 1 amide bonds. The van der Waals surface area contributed by atoms with Gasteiger partial charge in [-0.3, -0.25) is 4.79 Å². The van der Waals surface area contributed by atoms with Gasteiger partial charge in [0.15, 0.2) is 0 Å². The Morgan fingerprint density at radius 1 is 1.55 bits per heavy atom. The lowest BCUT2D eigenvalue weighted by Crippen LogP contribution is -2.33. The molecule has 0 saturated heterocycles. The van der Waals surface area contributed by atoms with E-state index in [1.54, 1.807) is 22.4 Å². The molecule has 0 atom stereocenters. The fraction of sp³-hybridized carbons (Fsp3) is 0.417.